The number of hydroxylamine groups is 1. The quantitative estimate of drug-likeness (QED) is 0.487. The summed E-state index contributed by atoms with van der Waals surface area (Å²) >= 11 is 3.25. The number of amides is 1. The van der Waals surface area contributed by atoms with Gasteiger partial charge in [0.1, 0.15) is 0 Å². The molecule has 1 aromatic carbocycles. The molecule has 0 aliphatic rings. The van der Waals surface area contributed by atoms with Gasteiger partial charge in [-0.15, -0.1) is 0 Å². The number of nitrogens with two attached hydrogens (primary N) is 1. The van der Waals surface area contributed by atoms with Crippen LogP contribution in [0.5, 0.6) is 0 Å². The number of carbonyl (C=O) groups is 1. The number of hydrogen-bond donors (Lipinski definition) is 2. The molecule has 0 aliphatic heterocycles. The fourth-order valence-corrected chi connectivity index (χ4v) is 1.23. The smallest absolute Gasteiger partial charge is 0.274 e. The summed E-state index contributed by atoms with van der Waals surface area (Å²) in [5.74, 6) is -0.338. The molecule has 0 spiro atoms. The number of benzene rings is 1. The molecule has 1 aromatic rings. The second-order valence-corrected chi connectivity index (χ2v) is 3.86. The molecule has 88 valence electrons. The van der Waals surface area contributed by atoms with Gasteiger partial charge in [-0.1, -0.05) is 0 Å². The van der Waals surface area contributed by atoms with Crippen molar-refractivity contribution in [3.8, 4) is 0 Å². The van der Waals surface area contributed by atoms with Gasteiger partial charge in [-0.05, 0) is 34.1 Å². The summed E-state index contributed by atoms with van der Waals surface area (Å²) in [6.07, 6.45) is 0. The molecule has 1 amide bonds. The van der Waals surface area contributed by atoms with Gasteiger partial charge in [0.2, 0.25) is 0 Å². The molecule has 0 heterocycles. The molecule has 0 radical (unpaired) electrons. The van der Waals surface area contributed by atoms with E-state index in [0.29, 0.717) is 24.5 Å². The van der Waals surface area contributed by atoms with Crippen molar-refractivity contribution in [1.82, 2.24) is 5.48 Å². The fraction of sp³-hybridized carbons (Fsp3) is 0.300. The molecule has 0 atom stereocenters. The van der Waals surface area contributed by atoms with Gasteiger partial charge in [0.05, 0.1) is 13.2 Å². The van der Waals surface area contributed by atoms with Crippen LogP contribution in [0.25, 0.3) is 0 Å². The Morgan fingerprint density at radius 2 is 2.25 bits per heavy atom. The van der Waals surface area contributed by atoms with Crippen molar-refractivity contribution in [2.75, 3.05) is 26.1 Å². The highest BCUT2D eigenvalue weighted by Gasteiger charge is 2.06. The van der Waals surface area contributed by atoms with Crippen LogP contribution in [-0.2, 0) is 9.57 Å². The molecule has 0 saturated carbocycles. The highest BCUT2D eigenvalue weighted by molar-refractivity contribution is 9.10. The molecule has 1 rings (SSSR count). The van der Waals surface area contributed by atoms with Crippen LogP contribution in [0.3, 0.4) is 0 Å². The highest BCUT2D eigenvalue weighted by Crippen LogP contribution is 2.19. The SMILES string of the molecule is COCCONC(=O)c1ccc(Br)c(N)c1. The first-order chi connectivity index (χ1) is 7.65. The molecule has 0 fully saturated rings. The average molecular weight is 289 g/mol. The van der Waals surface area contributed by atoms with Crippen LogP contribution in [0.2, 0.25) is 0 Å². The van der Waals surface area contributed by atoms with Crippen molar-refractivity contribution >= 4 is 27.5 Å². The van der Waals surface area contributed by atoms with E-state index in [1.54, 1.807) is 25.3 Å². The van der Waals surface area contributed by atoms with Gasteiger partial charge in [0.15, 0.2) is 0 Å². The maximum atomic E-state index is 11.5. The maximum Gasteiger partial charge on any atom is 0.274 e. The number of halogens is 1. The molecule has 5 nitrogen and oxygen atoms in total. The number of hydrogen-bond acceptors (Lipinski definition) is 4. The van der Waals surface area contributed by atoms with E-state index >= 15 is 0 Å². The Labute approximate surface area is 102 Å². The Morgan fingerprint density at radius 1 is 1.50 bits per heavy atom. The lowest BCUT2D eigenvalue weighted by atomic mass is 10.2. The van der Waals surface area contributed by atoms with E-state index in [1.807, 2.05) is 0 Å². The lowest BCUT2D eigenvalue weighted by Crippen LogP contribution is -2.25. The number of carbonyl (C=O) groups excluding carboxylic acids is 1. The summed E-state index contributed by atoms with van der Waals surface area (Å²) < 4.78 is 5.52. The van der Waals surface area contributed by atoms with Gasteiger partial charge in [-0.25, -0.2) is 5.48 Å². The fourth-order valence-electron chi connectivity index (χ4n) is 0.985. The third kappa shape index (κ3) is 3.80. The molecule has 0 saturated heterocycles. The van der Waals surface area contributed by atoms with E-state index < -0.39 is 0 Å². The largest absolute Gasteiger partial charge is 0.398 e. The molecule has 0 bridgehead atoms. The maximum absolute atomic E-state index is 11.5. The Bertz CT molecular complexity index is 371. The van der Waals surface area contributed by atoms with Crippen molar-refractivity contribution in [2.45, 2.75) is 0 Å². The van der Waals surface area contributed by atoms with Crippen LogP contribution in [0, 0.1) is 0 Å². The van der Waals surface area contributed by atoms with Gasteiger partial charge in [0.25, 0.3) is 5.91 Å². The molecular formula is C10H13BrN2O3. The van der Waals surface area contributed by atoms with Crippen LogP contribution >= 0.6 is 15.9 Å². The van der Waals surface area contributed by atoms with Crippen molar-refractivity contribution in [3.63, 3.8) is 0 Å². The topological polar surface area (TPSA) is 73.6 Å². The van der Waals surface area contributed by atoms with E-state index in [1.165, 1.54) is 0 Å². The zero-order valence-electron chi connectivity index (χ0n) is 8.83. The minimum absolute atomic E-state index is 0.300. The van der Waals surface area contributed by atoms with E-state index in [0.717, 1.165) is 4.47 Å². The van der Waals surface area contributed by atoms with Gasteiger partial charge in [0, 0.05) is 22.8 Å². The van der Waals surface area contributed by atoms with Crippen LogP contribution in [-0.4, -0.2) is 26.2 Å². The van der Waals surface area contributed by atoms with E-state index in [-0.39, 0.29) is 5.91 Å². The minimum Gasteiger partial charge on any atom is -0.398 e. The van der Waals surface area contributed by atoms with E-state index in [4.69, 9.17) is 15.3 Å². The van der Waals surface area contributed by atoms with Gasteiger partial charge in [-0.2, -0.15) is 0 Å². The first kappa shape index (κ1) is 13.0. The Balaban J connectivity index is 2.50. The van der Waals surface area contributed by atoms with Crippen LogP contribution in [0.15, 0.2) is 22.7 Å². The Morgan fingerprint density at radius 3 is 2.88 bits per heavy atom. The second-order valence-electron chi connectivity index (χ2n) is 3.01. The first-order valence-electron chi connectivity index (χ1n) is 4.61. The predicted molar refractivity (Wildman–Crippen MR) is 63.8 cm³/mol. The third-order valence-electron chi connectivity index (χ3n) is 1.81. The number of rotatable bonds is 5. The first-order valence-corrected chi connectivity index (χ1v) is 5.40. The van der Waals surface area contributed by atoms with Crippen molar-refractivity contribution in [1.29, 1.82) is 0 Å². The summed E-state index contributed by atoms with van der Waals surface area (Å²) in [5.41, 5.74) is 8.88. The van der Waals surface area contributed by atoms with Crippen molar-refractivity contribution < 1.29 is 14.4 Å². The number of anilines is 1. The Kier molecular flexibility index (Phi) is 5.24. The molecule has 6 heteroatoms. The zero-order chi connectivity index (χ0) is 12.0. The third-order valence-corrected chi connectivity index (χ3v) is 2.53. The van der Waals surface area contributed by atoms with Crippen molar-refractivity contribution in [3.05, 3.63) is 28.2 Å². The van der Waals surface area contributed by atoms with Crippen LogP contribution in [0.1, 0.15) is 10.4 Å². The predicted octanol–water partition coefficient (Wildman–Crippen LogP) is 1.34. The van der Waals surface area contributed by atoms with E-state index in [2.05, 4.69) is 21.4 Å². The number of nitrogens with one attached hydrogen (secondary N) is 1. The standard InChI is InChI=1S/C10H13BrN2O3/c1-15-4-5-16-13-10(14)7-2-3-8(11)9(12)6-7/h2-3,6H,4-5,12H2,1H3,(H,13,14). The molecule has 0 aliphatic carbocycles. The average Bonchev–Trinajstić information content (AvgIpc) is 2.28. The number of methoxy groups -OCH3 is 1. The van der Waals surface area contributed by atoms with Gasteiger partial charge < -0.3 is 10.5 Å². The second kappa shape index (κ2) is 6.47. The monoisotopic (exact) mass is 288 g/mol. The molecular weight excluding hydrogens is 276 g/mol. The summed E-state index contributed by atoms with van der Waals surface area (Å²) in [6.45, 7) is 0.719. The van der Waals surface area contributed by atoms with Crippen molar-refractivity contribution in [2.24, 2.45) is 0 Å². The zero-order valence-corrected chi connectivity index (χ0v) is 10.4. The van der Waals surface area contributed by atoms with Gasteiger partial charge >= 0.3 is 0 Å². The lowest BCUT2D eigenvalue weighted by molar-refractivity contribution is 0.00889. The summed E-state index contributed by atoms with van der Waals surface area (Å²) in [4.78, 5) is 16.4. The number of ether oxygens (including phenoxy) is 1. The molecule has 0 aromatic heterocycles. The summed E-state index contributed by atoms with van der Waals surface area (Å²) in [7, 11) is 1.56. The highest BCUT2D eigenvalue weighted by atomic mass is 79.9. The normalized spacial score (nSPS) is 10.1. The summed E-state index contributed by atoms with van der Waals surface area (Å²) in [6, 6.07) is 4.92. The Hall–Kier alpha value is -1.11. The molecule has 0 unspecified atom stereocenters. The minimum atomic E-state index is -0.338. The summed E-state index contributed by atoms with van der Waals surface area (Å²) in [5, 5.41) is 0. The molecule has 16 heavy (non-hydrogen) atoms. The van der Waals surface area contributed by atoms with Crippen LogP contribution < -0.4 is 11.2 Å². The van der Waals surface area contributed by atoms with E-state index in [9.17, 15) is 4.79 Å². The van der Waals surface area contributed by atoms with Crippen LogP contribution in [0.4, 0.5) is 5.69 Å². The molecule has 3 N–H and O–H groups in total. The van der Waals surface area contributed by atoms with Gasteiger partial charge in [-0.3, -0.25) is 9.63 Å². The lowest BCUT2D eigenvalue weighted by Gasteiger charge is -2.06. The number of nitrogen functional groups attached to an aromatic ring is 1.